The lowest BCUT2D eigenvalue weighted by Crippen LogP contribution is -2.47. The number of aromatic nitrogens is 1. The molecule has 1 aliphatic heterocycles. The van der Waals surface area contributed by atoms with Crippen LogP contribution in [0.15, 0.2) is 114 Å². The number of carbonyl (C=O) groups is 1. The number of piperazine rings is 1. The summed E-state index contributed by atoms with van der Waals surface area (Å²) in [6.45, 7) is 5.68. The summed E-state index contributed by atoms with van der Waals surface area (Å²) in [5, 5.41) is 4.51. The lowest BCUT2D eigenvalue weighted by molar-refractivity contribution is 0.0934. The van der Waals surface area contributed by atoms with Crippen molar-refractivity contribution in [2.45, 2.75) is 25.9 Å². The molecule has 7 nitrogen and oxygen atoms in total. The van der Waals surface area contributed by atoms with E-state index in [1.54, 1.807) is 11.7 Å². The first kappa shape index (κ1) is 29.2. The zero-order valence-electron chi connectivity index (χ0n) is 25.3. The number of benzene rings is 4. The van der Waals surface area contributed by atoms with Gasteiger partial charge in [-0.2, -0.15) is 0 Å². The van der Waals surface area contributed by atoms with E-state index in [2.05, 4.69) is 28.1 Å². The van der Waals surface area contributed by atoms with E-state index in [4.69, 9.17) is 4.74 Å². The van der Waals surface area contributed by atoms with Crippen LogP contribution >= 0.6 is 0 Å². The minimum Gasteiger partial charge on any atom is -0.495 e. The van der Waals surface area contributed by atoms with Gasteiger partial charge in [0.15, 0.2) is 0 Å². The van der Waals surface area contributed by atoms with Gasteiger partial charge in [0.25, 0.3) is 11.5 Å². The van der Waals surface area contributed by atoms with Gasteiger partial charge in [-0.15, -0.1) is 0 Å². The molecule has 0 unspecified atom stereocenters. The number of carbonyl (C=O) groups excluding carboxylic acids is 1. The van der Waals surface area contributed by atoms with Crippen molar-refractivity contribution in [1.29, 1.82) is 0 Å². The van der Waals surface area contributed by atoms with Gasteiger partial charge < -0.3 is 15.0 Å². The van der Waals surface area contributed by atoms with E-state index >= 15 is 0 Å². The van der Waals surface area contributed by atoms with Crippen molar-refractivity contribution < 1.29 is 9.53 Å². The van der Waals surface area contributed by atoms with Crippen LogP contribution in [0.2, 0.25) is 0 Å². The standard InChI is InChI=1S/C37H38N4O3/c1-3-31(27-14-6-4-7-15-27)38-36(42)35-29-18-10-11-19-30(29)37(43)41(28-16-8-5-9-17-28)33(35)26-39-22-24-40(25-23-39)32-20-12-13-21-34(32)44-2/h4-21,31H,3,22-26H2,1-2H3,(H,38,42)/t31-/m0/s1. The van der Waals surface area contributed by atoms with Gasteiger partial charge >= 0.3 is 0 Å². The smallest absolute Gasteiger partial charge is 0.263 e. The lowest BCUT2D eigenvalue weighted by Gasteiger charge is -2.37. The number of nitrogens with zero attached hydrogens (tertiary/aromatic N) is 3. The number of hydrogen-bond acceptors (Lipinski definition) is 5. The molecule has 1 saturated heterocycles. The summed E-state index contributed by atoms with van der Waals surface area (Å²) in [6.07, 6.45) is 0.742. The van der Waals surface area contributed by atoms with Gasteiger partial charge in [-0.3, -0.25) is 19.1 Å². The molecule has 1 atom stereocenters. The van der Waals surface area contributed by atoms with Gasteiger partial charge in [-0.05, 0) is 42.3 Å². The monoisotopic (exact) mass is 586 g/mol. The molecule has 5 aromatic rings. The number of nitrogens with one attached hydrogen (secondary N) is 1. The van der Waals surface area contributed by atoms with Crippen LogP contribution < -0.4 is 20.5 Å². The molecule has 1 aliphatic rings. The van der Waals surface area contributed by atoms with E-state index in [0.717, 1.165) is 55.3 Å². The predicted molar refractivity (Wildman–Crippen MR) is 177 cm³/mol. The molecule has 44 heavy (non-hydrogen) atoms. The highest BCUT2D eigenvalue weighted by Gasteiger charge is 2.27. The van der Waals surface area contributed by atoms with E-state index in [1.807, 2.05) is 103 Å². The first-order chi connectivity index (χ1) is 21.6. The fraction of sp³-hybridized carbons (Fsp3) is 0.243. The number of methoxy groups -OCH3 is 1. The Labute approximate surface area is 258 Å². The number of hydrogen-bond donors (Lipinski definition) is 1. The van der Waals surface area contributed by atoms with Crippen molar-refractivity contribution in [2.24, 2.45) is 0 Å². The van der Waals surface area contributed by atoms with Crippen molar-refractivity contribution in [3.63, 3.8) is 0 Å². The molecule has 2 heterocycles. The van der Waals surface area contributed by atoms with Crippen molar-refractivity contribution in [3.05, 3.63) is 136 Å². The average Bonchev–Trinajstić information content (AvgIpc) is 3.08. The number of pyridine rings is 1. The van der Waals surface area contributed by atoms with Crippen LogP contribution in [0.5, 0.6) is 5.75 Å². The first-order valence-electron chi connectivity index (χ1n) is 15.3. The Morgan fingerprint density at radius 2 is 1.41 bits per heavy atom. The highest BCUT2D eigenvalue weighted by molar-refractivity contribution is 6.08. The van der Waals surface area contributed by atoms with Gasteiger partial charge in [-0.25, -0.2) is 0 Å². The molecular formula is C37H38N4O3. The summed E-state index contributed by atoms with van der Waals surface area (Å²) >= 11 is 0. The summed E-state index contributed by atoms with van der Waals surface area (Å²) in [5.41, 5.74) is 4.00. The lowest BCUT2D eigenvalue weighted by atomic mass is 9.99. The summed E-state index contributed by atoms with van der Waals surface area (Å²) in [4.78, 5) is 33.2. The Hall–Kier alpha value is -4.88. The Balaban J connectivity index is 1.41. The van der Waals surface area contributed by atoms with Gasteiger partial charge in [0.1, 0.15) is 5.75 Å². The van der Waals surface area contributed by atoms with Crippen LogP contribution in [0.4, 0.5) is 5.69 Å². The van der Waals surface area contributed by atoms with Gasteiger partial charge in [0, 0.05) is 49.2 Å². The molecule has 4 aromatic carbocycles. The summed E-state index contributed by atoms with van der Waals surface area (Å²) in [5.74, 6) is 0.681. The van der Waals surface area contributed by atoms with E-state index in [0.29, 0.717) is 28.6 Å². The number of fused-ring (bicyclic) bond motifs is 1. The molecule has 1 N–H and O–H groups in total. The molecule has 1 amide bonds. The minimum absolute atomic E-state index is 0.124. The predicted octanol–water partition coefficient (Wildman–Crippen LogP) is 6.20. The van der Waals surface area contributed by atoms with Crippen LogP contribution in [-0.2, 0) is 6.54 Å². The molecule has 6 rings (SSSR count). The zero-order chi connectivity index (χ0) is 30.5. The molecule has 0 bridgehead atoms. The van der Waals surface area contributed by atoms with Gasteiger partial charge in [-0.1, -0.05) is 85.8 Å². The van der Waals surface area contributed by atoms with Crippen LogP contribution in [0.25, 0.3) is 16.5 Å². The highest BCUT2D eigenvalue weighted by atomic mass is 16.5. The molecule has 1 aromatic heterocycles. The number of anilines is 1. The summed E-state index contributed by atoms with van der Waals surface area (Å²) in [7, 11) is 1.70. The molecule has 224 valence electrons. The SMILES string of the molecule is CC[C@H](NC(=O)c1c(CN2CCN(c3ccccc3OC)CC2)n(-c2ccccc2)c(=O)c2ccccc12)c1ccccc1. The van der Waals surface area contributed by atoms with E-state index in [1.165, 1.54) is 0 Å². The second kappa shape index (κ2) is 13.2. The molecular weight excluding hydrogens is 548 g/mol. The largest absolute Gasteiger partial charge is 0.495 e. The summed E-state index contributed by atoms with van der Waals surface area (Å²) in [6, 6.07) is 35.1. The zero-order valence-corrected chi connectivity index (χ0v) is 25.3. The van der Waals surface area contributed by atoms with E-state index < -0.39 is 0 Å². The Morgan fingerprint density at radius 1 is 0.795 bits per heavy atom. The van der Waals surface area contributed by atoms with Crippen molar-refractivity contribution in [3.8, 4) is 11.4 Å². The normalized spacial score (nSPS) is 14.4. The van der Waals surface area contributed by atoms with Crippen molar-refractivity contribution in [1.82, 2.24) is 14.8 Å². The number of ether oxygens (including phenoxy) is 1. The molecule has 1 fully saturated rings. The number of rotatable bonds is 9. The molecule has 0 aliphatic carbocycles. The quantitative estimate of drug-likeness (QED) is 0.223. The molecule has 0 radical (unpaired) electrons. The Kier molecular flexibility index (Phi) is 8.75. The van der Waals surface area contributed by atoms with Crippen molar-refractivity contribution in [2.75, 3.05) is 38.2 Å². The molecule has 0 spiro atoms. The van der Waals surface area contributed by atoms with Crippen molar-refractivity contribution >= 4 is 22.4 Å². The Morgan fingerprint density at radius 3 is 2.09 bits per heavy atom. The topological polar surface area (TPSA) is 66.8 Å². The van der Waals surface area contributed by atoms with Crippen LogP contribution in [0.3, 0.4) is 0 Å². The first-order valence-corrected chi connectivity index (χ1v) is 15.3. The van der Waals surface area contributed by atoms with Gasteiger partial charge in [0.05, 0.1) is 30.1 Å². The third-order valence-corrected chi connectivity index (χ3v) is 8.52. The average molecular weight is 587 g/mol. The van der Waals surface area contributed by atoms with E-state index in [9.17, 15) is 9.59 Å². The van der Waals surface area contributed by atoms with Crippen LogP contribution in [0, 0.1) is 0 Å². The van der Waals surface area contributed by atoms with E-state index in [-0.39, 0.29) is 17.5 Å². The second-order valence-corrected chi connectivity index (χ2v) is 11.1. The molecule has 7 heteroatoms. The fourth-order valence-electron chi connectivity index (χ4n) is 6.24. The van der Waals surface area contributed by atoms with Crippen LogP contribution in [-0.4, -0.2) is 48.7 Å². The second-order valence-electron chi connectivity index (χ2n) is 11.1. The third kappa shape index (κ3) is 5.83. The fourth-order valence-corrected chi connectivity index (χ4v) is 6.24. The minimum atomic E-state index is -0.177. The molecule has 0 saturated carbocycles. The number of amides is 1. The number of para-hydroxylation sites is 3. The third-order valence-electron chi connectivity index (χ3n) is 8.52. The van der Waals surface area contributed by atoms with Crippen LogP contribution in [0.1, 0.15) is 41.0 Å². The van der Waals surface area contributed by atoms with Gasteiger partial charge in [0.2, 0.25) is 0 Å². The maximum atomic E-state index is 14.4. The highest BCUT2D eigenvalue weighted by Crippen LogP contribution is 2.30. The maximum absolute atomic E-state index is 14.4. The summed E-state index contributed by atoms with van der Waals surface area (Å²) < 4.78 is 7.36. The Bertz CT molecular complexity index is 1800. The maximum Gasteiger partial charge on any atom is 0.263 e.